The Morgan fingerprint density at radius 1 is 1.08 bits per heavy atom. The van der Waals surface area contributed by atoms with Gasteiger partial charge in [0.1, 0.15) is 12.4 Å². The lowest BCUT2D eigenvalue weighted by Crippen LogP contribution is -2.11. The standard InChI is InChI=1S/C8H10Cl2O2Si/c9-13(10)12-7-6-11-8-4-2-1-3-5-8/h1-5,13H,6-7H2. The number of ether oxygens (including phenoxy) is 1. The van der Waals surface area contributed by atoms with Crippen molar-refractivity contribution >= 4 is 29.8 Å². The van der Waals surface area contributed by atoms with Gasteiger partial charge in [0.2, 0.25) is 0 Å². The molecule has 2 nitrogen and oxygen atoms in total. The topological polar surface area (TPSA) is 18.5 Å². The van der Waals surface area contributed by atoms with E-state index in [9.17, 15) is 0 Å². The number of rotatable bonds is 5. The van der Waals surface area contributed by atoms with E-state index in [-0.39, 0.29) is 0 Å². The smallest absolute Gasteiger partial charge is 0.373 e. The van der Waals surface area contributed by atoms with E-state index in [0.717, 1.165) is 5.75 Å². The summed E-state index contributed by atoms with van der Waals surface area (Å²) < 4.78 is 10.3. The third kappa shape index (κ3) is 5.16. The van der Waals surface area contributed by atoms with Crippen molar-refractivity contribution < 1.29 is 9.16 Å². The highest BCUT2D eigenvalue weighted by Crippen LogP contribution is 2.07. The molecule has 0 saturated carbocycles. The first-order valence-electron chi connectivity index (χ1n) is 3.86. The van der Waals surface area contributed by atoms with Gasteiger partial charge in [-0.25, -0.2) is 0 Å². The molecule has 0 spiro atoms. The van der Waals surface area contributed by atoms with Gasteiger partial charge in [-0.1, -0.05) is 18.2 Å². The third-order valence-corrected chi connectivity index (χ3v) is 2.58. The van der Waals surface area contributed by atoms with Crippen molar-refractivity contribution in [2.45, 2.75) is 0 Å². The first kappa shape index (κ1) is 10.9. The zero-order valence-corrected chi connectivity index (χ0v) is 9.62. The predicted octanol–water partition coefficient (Wildman–Crippen LogP) is 2.28. The van der Waals surface area contributed by atoms with Gasteiger partial charge in [-0.15, -0.1) is 22.2 Å². The summed E-state index contributed by atoms with van der Waals surface area (Å²) in [5, 5.41) is 0. The lowest BCUT2D eigenvalue weighted by Gasteiger charge is -2.06. The van der Waals surface area contributed by atoms with Crippen molar-refractivity contribution in [2.75, 3.05) is 13.2 Å². The first-order chi connectivity index (χ1) is 6.29. The monoisotopic (exact) mass is 236 g/mol. The summed E-state index contributed by atoms with van der Waals surface area (Å²) in [4.78, 5) is 0. The lowest BCUT2D eigenvalue weighted by atomic mass is 10.3. The van der Waals surface area contributed by atoms with Gasteiger partial charge >= 0.3 is 7.66 Å². The Kier molecular flexibility index (Phi) is 5.23. The number of benzene rings is 1. The molecular weight excluding hydrogens is 227 g/mol. The molecule has 0 N–H and O–H groups in total. The van der Waals surface area contributed by atoms with Crippen LogP contribution in [0.5, 0.6) is 5.75 Å². The minimum atomic E-state index is -1.93. The Morgan fingerprint density at radius 3 is 2.38 bits per heavy atom. The molecule has 0 aliphatic carbocycles. The fraction of sp³-hybridized carbons (Fsp3) is 0.250. The number of hydrogen-bond acceptors (Lipinski definition) is 2. The van der Waals surface area contributed by atoms with E-state index in [4.69, 9.17) is 31.3 Å². The second kappa shape index (κ2) is 6.26. The molecule has 72 valence electrons. The SMILES string of the molecule is Cl[SiH](Cl)OCCOc1ccccc1. The summed E-state index contributed by atoms with van der Waals surface area (Å²) in [6, 6.07) is 9.53. The van der Waals surface area contributed by atoms with E-state index in [0.29, 0.717) is 13.2 Å². The van der Waals surface area contributed by atoms with Gasteiger partial charge in [-0.3, -0.25) is 0 Å². The van der Waals surface area contributed by atoms with Crippen LogP contribution in [-0.4, -0.2) is 20.9 Å². The molecule has 1 aromatic carbocycles. The molecule has 1 rings (SSSR count). The van der Waals surface area contributed by atoms with Gasteiger partial charge in [0.15, 0.2) is 0 Å². The Hall–Kier alpha value is -0.223. The number of para-hydroxylation sites is 1. The predicted molar refractivity (Wildman–Crippen MR) is 56.7 cm³/mol. The summed E-state index contributed by atoms with van der Waals surface area (Å²) in [6.07, 6.45) is 0. The lowest BCUT2D eigenvalue weighted by molar-refractivity contribution is 0.225. The quantitative estimate of drug-likeness (QED) is 0.444. The van der Waals surface area contributed by atoms with Crippen molar-refractivity contribution in [2.24, 2.45) is 0 Å². The molecule has 0 aliphatic rings. The van der Waals surface area contributed by atoms with E-state index in [1.165, 1.54) is 0 Å². The molecule has 1 aromatic rings. The minimum absolute atomic E-state index is 0.443. The van der Waals surface area contributed by atoms with Gasteiger partial charge in [-0.05, 0) is 12.1 Å². The molecular formula is C8H10Cl2O2Si. The van der Waals surface area contributed by atoms with Crippen LogP contribution < -0.4 is 4.74 Å². The largest absolute Gasteiger partial charge is 0.491 e. The number of hydrogen-bond donors (Lipinski definition) is 0. The van der Waals surface area contributed by atoms with Crippen LogP contribution in [0.3, 0.4) is 0 Å². The van der Waals surface area contributed by atoms with E-state index >= 15 is 0 Å². The Bertz CT molecular complexity index is 231. The van der Waals surface area contributed by atoms with Crippen molar-refractivity contribution in [3.63, 3.8) is 0 Å². The van der Waals surface area contributed by atoms with Crippen LogP contribution in [0.2, 0.25) is 0 Å². The molecule has 0 heterocycles. The zero-order valence-electron chi connectivity index (χ0n) is 6.95. The molecule has 0 radical (unpaired) electrons. The highest BCUT2D eigenvalue weighted by molar-refractivity contribution is 7.30. The average Bonchev–Trinajstić information content (AvgIpc) is 2.14. The fourth-order valence-corrected chi connectivity index (χ4v) is 1.62. The summed E-state index contributed by atoms with van der Waals surface area (Å²) in [5.74, 6) is 0.827. The van der Waals surface area contributed by atoms with Crippen molar-refractivity contribution in [3.05, 3.63) is 30.3 Å². The van der Waals surface area contributed by atoms with Gasteiger partial charge in [0.25, 0.3) is 0 Å². The number of halogens is 2. The van der Waals surface area contributed by atoms with Crippen molar-refractivity contribution in [3.8, 4) is 5.75 Å². The zero-order chi connectivity index (χ0) is 9.52. The molecule has 0 aromatic heterocycles. The highest BCUT2D eigenvalue weighted by Gasteiger charge is 2.00. The second-order valence-electron chi connectivity index (χ2n) is 2.29. The molecule has 0 atom stereocenters. The first-order valence-corrected chi connectivity index (χ1v) is 7.83. The second-order valence-corrected chi connectivity index (χ2v) is 6.20. The van der Waals surface area contributed by atoms with E-state index in [1.54, 1.807) is 0 Å². The van der Waals surface area contributed by atoms with Crippen LogP contribution in [0, 0.1) is 0 Å². The molecule has 0 unspecified atom stereocenters. The molecule has 0 fully saturated rings. The third-order valence-electron chi connectivity index (χ3n) is 1.34. The van der Waals surface area contributed by atoms with Gasteiger partial charge < -0.3 is 9.16 Å². The summed E-state index contributed by atoms with van der Waals surface area (Å²) in [5.41, 5.74) is 0. The van der Waals surface area contributed by atoms with Crippen LogP contribution in [0.4, 0.5) is 0 Å². The van der Waals surface area contributed by atoms with Gasteiger partial charge in [-0.2, -0.15) is 0 Å². The average molecular weight is 237 g/mol. The summed E-state index contributed by atoms with van der Waals surface area (Å²) in [6.45, 7) is 0.922. The molecule has 5 heteroatoms. The van der Waals surface area contributed by atoms with Gasteiger partial charge in [0, 0.05) is 0 Å². The van der Waals surface area contributed by atoms with Crippen molar-refractivity contribution in [1.82, 2.24) is 0 Å². The normalized spacial score (nSPS) is 10.4. The fourth-order valence-electron chi connectivity index (χ4n) is 0.813. The van der Waals surface area contributed by atoms with Crippen molar-refractivity contribution in [1.29, 1.82) is 0 Å². The van der Waals surface area contributed by atoms with Crippen LogP contribution >= 0.6 is 22.2 Å². The van der Waals surface area contributed by atoms with E-state index < -0.39 is 7.66 Å². The molecule has 0 aliphatic heterocycles. The Balaban J connectivity index is 2.13. The maximum atomic E-state index is 5.49. The summed E-state index contributed by atoms with van der Waals surface area (Å²) in [7, 11) is -1.93. The summed E-state index contributed by atoms with van der Waals surface area (Å²) >= 11 is 11.0. The molecule has 0 amide bonds. The van der Waals surface area contributed by atoms with Crippen LogP contribution in [-0.2, 0) is 4.43 Å². The van der Waals surface area contributed by atoms with E-state index in [1.807, 2.05) is 30.3 Å². The molecule has 0 bridgehead atoms. The van der Waals surface area contributed by atoms with E-state index in [2.05, 4.69) is 0 Å². The molecule has 13 heavy (non-hydrogen) atoms. The van der Waals surface area contributed by atoms with Crippen LogP contribution in [0.25, 0.3) is 0 Å². The van der Waals surface area contributed by atoms with Crippen LogP contribution in [0.15, 0.2) is 30.3 Å². The molecule has 0 saturated heterocycles. The van der Waals surface area contributed by atoms with Crippen LogP contribution in [0.1, 0.15) is 0 Å². The maximum absolute atomic E-state index is 5.49. The highest BCUT2D eigenvalue weighted by atomic mass is 35.7. The minimum Gasteiger partial charge on any atom is -0.491 e. The van der Waals surface area contributed by atoms with Gasteiger partial charge in [0.05, 0.1) is 6.61 Å². The Labute approximate surface area is 88.5 Å². The maximum Gasteiger partial charge on any atom is 0.373 e. The Morgan fingerprint density at radius 2 is 1.77 bits per heavy atom.